The Bertz CT molecular complexity index is 458. The monoisotopic (exact) mass is 280 g/mol. The maximum atomic E-state index is 11.9. The van der Waals surface area contributed by atoms with E-state index >= 15 is 0 Å². The Morgan fingerprint density at radius 2 is 2.00 bits per heavy atom. The number of carbonyl (C=O) groups is 1. The first-order valence-corrected chi connectivity index (χ1v) is 6.64. The molecule has 0 aliphatic heterocycles. The molecule has 0 fully saturated rings. The minimum atomic E-state index is -0.379. The minimum Gasteiger partial charge on any atom is -0.497 e. The second-order valence-corrected chi connectivity index (χ2v) is 5.31. The zero-order valence-corrected chi connectivity index (χ0v) is 12.7. The standard InChI is InChI=1S/C15H24N2O3/c1-15(2,10-16)17-14(18)8-5-11-9-12(19-3)6-7-13(11)20-4/h6-7,9H,5,8,10,16H2,1-4H3,(H,17,18). The van der Waals surface area contributed by atoms with Crippen LogP contribution in [-0.2, 0) is 11.2 Å². The zero-order valence-electron chi connectivity index (χ0n) is 12.7. The summed E-state index contributed by atoms with van der Waals surface area (Å²) < 4.78 is 10.5. The van der Waals surface area contributed by atoms with Crippen LogP contribution in [0.2, 0.25) is 0 Å². The fourth-order valence-electron chi connectivity index (χ4n) is 1.82. The average Bonchev–Trinajstić information content (AvgIpc) is 2.44. The predicted molar refractivity (Wildman–Crippen MR) is 79.1 cm³/mol. The lowest BCUT2D eigenvalue weighted by Crippen LogP contribution is -2.48. The van der Waals surface area contributed by atoms with Gasteiger partial charge in [0.15, 0.2) is 0 Å². The van der Waals surface area contributed by atoms with Gasteiger partial charge in [0, 0.05) is 18.5 Å². The van der Waals surface area contributed by atoms with Crippen LogP contribution in [0.3, 0.4) is 0 Å². The summed E-state index contributed by atoms with van der Waals surface area (Å²) in [6.07, 6.45) is 0.972. The van der Waals surface area contributed by atoms with E-state index in [4.69, 9.17) is 15.2 Å². The zero-order chi connectivity index (χ0) is 15.2. The fourth-order valence-corrected chi connectivity index (χ4v) is 1.82. The fraction of sp³-hybridized carbons (Fsp3) is 0.533. The Morgan fingerprint density at radius 1 is 1.30 bits per heavy atom. The molecule has 0 aliphatic rings. The third kappa shape index (κ3) is 4.74. The number of benzene rings is 1. The molecule has 5 nitrogen and oxygen atoms in total. The van der Waals surface area contributed by atoms with E-state index in [0.717, 1.165) is 17.1 Å². The molecular formula is C15H24N2O3. The Labute approximate surface area is 120 Å². The van der Waals surface area contributed by atoms with Gasteiger partial charge in [-0.3, -0.25) is 4.79 Å². The van der Waals surface area contributed by atoms with Crippen molar-refractivity contribution < 1.29 is 14.3 Å². The molecule has 0 bridgehead atoms. The van der Waals surface area contributed by atoms with Crippen molar-refractivity contribution in [3.05, 3.63) is 23.8 Å². The Kier molecular flexibility index (Phi) is 5.82. The van der Waals surface area contributed by atoms with Crippen LogP contribution in [0.25, 0.3) is 0 Å². The Hall–Kier alpha value is -1.75. The average molecular weight is 280 g/mol. The van der Waals surface area contributed by atoms with Crippen LogP contribution in [-0.4, -0.2) is 32.2 Å². The normalized spacial score (nSPS) is 11.1. The van der Waals surface area contributed by atoms with Crippen LogP contribution in [0, 0.1) is 0 Å². The molecule has 0 saturated heterocycles. The van der Waals surface area contributed by atoms with E-state index in [2.05, 4.69) is 5.32 Å². The molecule has 0 aliphatic carbocycles. The molecule has 20 heavy (non-hydrogen) atoms. The summed E-state index contributed by atoms with van der Waals surface area (Å²) in [5, 5.41) is 2.91. The molecule has 1 amide bonds. The van der Waals surface area contributed by atoms with Crippen molar-refractivity contribution in [1.82, 2.24) is 5.32 Å². The van der Waals surface area contributed by atoms with Crippen molar-refractivity contribution >= 4 is 5.91 Å². The first kappa shape index (κ1) is 16.3. The summed E-state index contributed by atoms with van der Waals surface area (Å²) in [6, 6.07) is 5.57. The summed E-state index contributed by atoms with van der Waals surface area (Å²) >= 11 is 0. The van der Waals surface area contributed by atoms with E-state index in [-0.39, 0.29) is 11.4 Å². The lowest BCUT2D eigenvalue weighted by atomic mass is 10.0. The molecule has 0 unspecified atom stereocenters. The molecule has 1 aromatic carbocycles. The smallest absolute Gasteiger partial charge is 0.220 e. The Morgan fingerprint density at radius 3 is 2.55 bits per heavy atom. The van der Waals surface area contributed by atoms with Crippen molar-refractivity contribution in [3.8, 4) is 11.5 Å². The predicted octanol–water partition coefficient (Wildman–Crippen LogP) is 1.49. The first-order valence-electron chi connectivity index (χ1n) is 6.64. The topological polar surface area (TPSA) is 73.6 Å². The lowest BCUT2D eigenvalue weighted by Gasteiger charge is -2.24. The van der Waals surface area contributed by atoms with E-state index in [9.17, 15) is 4.79 Å². The number of ether oxygens (including phenoxy) is 2. The number of amides is 1. The van der Waals surface area contributed by atoms with Gasteiger partial charge in [0.2, 0.25) is 5.91 Å². The number of nitrogens with one attached hydrogen (secondary N) is 1. The van der Waals surface area contributed by atoms with E-state index < -0.39 is 0 Å². The molecular weight excluding hydrogens is 256 g/mol. The number of aryl methyl sites for hydroxylation is 1. The highest BCUT2D eigenvalue weighted by molar-refractivity contribution is 5.77. The van der Waals surface area contributed by atoms with Crippen LogP contribution in [0.5, 0.6) is 11.5 Å². The van der Waals surface area contributed by atoms with Crippen molar-refractivity contribution in [2.24, 2.45) is 5.73 Å². The summed E-state index contributed by atoms with van der Waals surface area (Å²) in [4.78, 5) is 11.9. The minimum absolute atomic E-state index is 0.0228. The lowest BCUT2D eigenvalue weighted by molar-refractivity contribution is -0.122. The number of nitrogens with two attached hydrogens (primary N) is 1. The third-order valence-electron chi connectivity index (χ3n) is 3.10. The van der Waals surface area contributed by atoms with Crippen molar-refractivity contribution in [1.29, 1.82) is 0 Å². The molecule has 1 aromatic rings. The number of rotatable bonds is 7. The van der Waals surface area contributed by atoms with E-state index in [1.165, 1.54) is 0 Å². The molecule has 3 N–H and O–H groups in total. The summed E-state index contributed by atoms with van der Waals surface area (Å²) in [6.45, 7) is 4.20. The van der Waals surface area contributed by atoms with Crippen LogP contribution in [0.1, 0.15) is 25.8 Å². The highest BCUT2D eigenvalue weighted by Crippen LogP contribution is 2.25. The molecule has 0 heterocycles. The number of methoxy groups -OCH3 is 2. The largest absolute Gasteiger partial charge is 0.497 e. The van der Waals surface area contributed by atoms with E-state index in [1.54, 1.807) is 14.2 Å². The van der Waals surface area contributed by atoms with Crippen LogP contribution in [0.4, 0.5) is 0 Å². The van der Waals surface area contributed by atoms with Gasteiger partial charge >= 0.3 is 0 Å². The van der Waals surface area contributed by atoms with Crippen LogP contribution in [0.15, 0.2) is 18.2 Å². The number of hydrogen-bond acceptors (Lipinski definition) is 4. The highest BCUT2D eigenvalue weighted by Gasteiger charge is 2.18. The van der Waals surface area contributed by atoms with Gasteiger partial charge in [0.25, 0.3) is 0 Å². The molecule has 0 radical (unpaired) electrons. The maximum absolute atomic E-state index is 11.9. The molecule has 0 spiro atoms. The summed E-state index contributed by atoms with van der Waals surface area (Å²) in [5.41, 5.74) is 6.17. The van der Waals surface area contributed by atoms with E-state index in [1.807, 2.05) is 32.0 Å². The second kappa shape index (κ2) is 7.14. The summed E-state index contributed by atoms with van der Waals surface area (Å²) in [7, 11) is 3.23. The quantitative estimate of drug-likeness (QED) is 0.793. The SMILES string of the molecule is COc1ccc(OC)c(CCC(=O)NC(C)(C)CN)c1. The van der Waals surface area contributed by atoms with Crippen LogP contribution < -0.4 is 20.5 Å². The van der Waals surface area contributed by atoms with Gasteiger partial charge in [-0.1, -0.05) is 0 Å². The van der Waals surface area contributed by atoms with Gasteiger partial charge < -0.3 is 20.5 Å². The van der Waals surface area contributed by atoms with Crippen molar-refractivity contribution in [2.75, 3.05) is 20.8 Å². The molecule has 0 atom stereocenters. The summed E-state index contributed by atoms with van der Waals surface area (Å²) in [5.74, 6) is 1.49. The first-order chi connectivity index (χ1) is 9.41. The second-order valence-electron chi connectivity index (χ2n) is 5.31. The molecule has 112 valence electrons. The number of carbonyl (C=O) groups excluding carboxylic acids is 1. The van der Waals surface area contributed by atoms with Gasteiger partial charge in [-0.25, -0.2) is 0 Å². The number of hydrogen-bond donors (Lipinski definition) is 2. The maximum Gasteiger partial charge on any atom is 0.220 e. The molecule has 0 saturated carbocycles. The molecule has 5 heteroatoms. The van der Waals surface area contributed by atoms with Gasteiger partial charge in [-0.15, -0.1) is 0 Å². The molecule has 1 rings (SSSR count). The van der Waals surface area contributed by atoms with Gasteiger partial charge in [-0.05, 0) is 44.0 Å². The van der Waals surface area contributed by atoms with Gasteiger partial charge in [0.1, 0.15) is 11.5 Å². The van der Waals surface area contributed by atoms with Crippen LogP contribution >= 0.6 is 0 Å². The van der Waals surface area contributed by atoms with Crippen molar-refractivity contribution in [2.45, 2.75) is 32.2 Å². The van der Waals surface area contributed by atoms with Gasteiger partial charge in [0.05, 0.1) is 14.2 Å². The van der Waals surface area contributed by atoms with Gasteiger partial charge in [-0.2, -0.15) is 0 Å². The highest BCUT2D eigenvalue weighted by atomic mass is 16.5. The molecule has 0 aromatic heterocycles. The van der Waals surface area contributed by atoms with Crippen molar-refractivity contribution in [3.63, 3.8) is 0 Å². The van der Waals surface area contributed by atoms with E-state index in [0.29, 0.717) is 19.4 Å². The Balaban J connectivity index is 2.67. The third-order valence-corrected chi connectivity index (χ3v) is 3.10.